The number of benzene rings is 1. The van der Waals surface area contributed by atoms with Crippen molar-refractivity contribution >= 4 is 44.3 Å². The lowest BCUT2D eigenvalue weighted by atomic mass is 10.3. The summed E-state index contributed by atoms with van der Waals surface area (Å²) in [7, 11) is 0. The molecule has 3 aromatic heterocycles. The predicted octanol–water partition coefficient (Wildman–Crippen LogP) is 3.20. The third-order valence-corrected chi connectivity index (χ3v) is 6.39. The number of piperazine rings is 1. The molecule has 30 heavy (non-hydrogen) atoms. The Labute approximate surface area is 181 Å². The Kier molecular flexibility index (Phi) is 4.84. The van der Waals surface area contributed by atoms with Crippen molar-refractivity contribution in [1.29, 1.82) is 0 Å². The van der Waals surface area contributed by atoms with Gasteiger partial charge in [-0.15, -0.1) is 5.10 Å². The molecular formula is C20H18ClN7OS. The Morgan fingerprint density at radius 3 is 2.63 bits per heavy atom. The van der Waals surface area contributed by atoms with Crippen LogP contribution in [-0.2, 0) is 0 Å². The van der Waals surface area contributed by atoms with Crippen LogP contribution in [0.25, 0.3) is 16.0 Å². The van der Waals surface area contributed by atoms with Crippen LogP contribution in [-0.4, -0.2) is 61.7 Å². The molecule has 0 aliphatic carbocycles. The van der Waals surface area contributed by atoms with E-state index < -0.39 is 0 Å². The van der Waals surface area contributed by atoms with Gasteiger partial charge in [0.1, 0.15) is 16.2 Å². The maximum atomic E-state index is 13.0. The topological polar surface area (TPSA) is 80.0 Å². The van der Waals surface area contributed by atoms with Gasteiger partial charge in [0.25, 0.3) is 5.91 Å². The van der Waals surface area contributed by atoms with Crippen molar-refractivity contribution in [1.82, 2.24) is 29.6 Å². The molecule has 4 heterocycles. The van der Waals surface area contributed by atoms with E-state index in [4.69, 9.17) is 11.6 Å². The fraction of sp³-hybridized carbons (Fsp3) is 0.250. The average Bonchev–Trinajstić information content (AvgIpc) is 3.37. The summed E-state index contributed by atoms with van der Waals surface area (Å²) in [5.74, 6) is 0.631. The van der Waals surface area contributed by atoms with E-state index in [2.05, 4.69) is 25.0 Å². The van der Waals surface area contributed by atoms with Gasteiger partial charge in [-0.25, -0.2) is 19.6 Å². The van der Waals surface area contributed by atoms with Crippen LogP contribution < -0.4 is 4.90 Å². The normalized spacial score (nSPS) is 14.5. The van der Waals surface area contributed by atoms with Crippen molar-refractivity contribution in [3.63, 3.8) is 0 Å². The number of carbonyl (C=O) groups excluding carboxylic acids is 1. The highest BCUT2D eigenvalue weighted by Crippen LogP contribution is 2.28. The number of fused-ring (bicyclic) bond motifs is 1. The first kappa shape index (κ1) is 19.0. The van der Waals surface area contributed by atoms with E-state index in [0.29, 0.717) is 42.7 Å². The minimum Gasteiger partial charge on any atom is -0.344 e. The molecule has 0 bridgehead atoms. The highest BCUT2D eigenvalue weighted by atomic mass is 35.5. The first-order chi connectivity index (χ1) is 14.6. The van der Waals surface area contributed by atoms with Crippen LogP contribution in [0.4, 0.5) is 5.13 Å². The lowest BCUT2D eigenvalue weighted by Gasteiger charge is -2.33. The number of thiazole rings is 1. The number of aromatic nitrogens is 5. The van der Waals surface area contributed by atoms with E-state index in [1.165, 1.54) is 0 Å². The van der Waals surface area contributed by atoms with Crippen molar-refractivity contribution in [3.8, 4) is 5.69 Å². The Morgan fingerprint density at radius 2 is 1.87 bits per heavy atom. The SMILES string of the molecule is Cc1nc(C(=O)N2CCN(c3nc4cccnc4s3)CC2)nn1-c1ccccc1Cl. The highest BCUT2D eigenvalue weighted by molar-refractivity contribution is 7.21. The van der Waals surface area contributed by atoms with Gasteiger partial charge in [-0.1, -0.05) is 35.1 Å². The van der Waals surface area contributed by atoms with Gasteiger partial charge < -0.3 is 9.80 Å². The van der Waals surface area contributed by atoms with Gasteiger partial charge >= 0.3 is 0 Å². The average molecular weight is 440 g/mol. The molecule has 1 saturated heterocycles. The van der Waals surface area contributed by atoms with Gasteiger partial charge in [-0.2, -0.15) is 0 Å². The molecule has 1 fully saturated rings. The minimum absolute atomic E-state index is 0.172. The van der Waals surface area contributed by atoms with Gasteiger partial charge in [0.15, 0.2) is 5.13 Å². The molecule has 5 rings (SSSR count). The number of nitrogens with zero attached hydrogens (tertiary/aromatic N) is 7. The van der Waals surface area contributed by atoms with E-state index in [0.717, 1.165) is 15.5 Å². The summed E-state index contributed by atoms with van der Waals surface area (Å²) < 4.78 is 1.61. The molecule has 1 aliphatic rings. The summed E-state index contributed by atoms with van der Waals surface area (Å²) in [4.78, 5) is 31.3. The number of amides is 1. The summed E-state index contributed by atoms with van der Waals surface area (Å²) >= 11 is 7.85. The number of carbonyl (C=O) groups is 1. The summed E-state index contributed by atoms with van der Waals surface area (Å²) in [6.45, 7) is 4.39. The van der Waals surface area contributed by atoms with E-state index in [1.807, 2.05) is 37.3 Å². The predicted molar refractivity (Wildman–Crippen MR) is 117 cm³/mol. The maximum absolute atomic E-state index is 13.0. The summed E-state index contributed by atoms with van der Waals surface area (Å²) in [5, 5.41) is 5.92. The monoisotopic (exact) mass is 439 g/mol. The zero-order chi connectivity index (χ0) is 20.7. The minimum atomic E-state index is -0.172. The quantitative estimate of drug-likeness (QED) is 0.487. The second-order valence-corrected chi connectivity index (χ2v) is 8.31. The Balaban J connectivity index is 1.30. The van der Waals surface area contributed by atoms with Gasteiger partial charge in [-0.3, -0.25) is 4.79 Å². The third kappa shape index (κ3) is 3.40. The molecule has 0 N–H and O–H groups in total. The van der Waals surface area contributed by atoms with Gasteiger partial charge in [-0.05, 0) is 31.2 Å². The van der Waals surface area contributed by atoms with Crippen molar-refractivity contribution in [2.45, 2.75) is 6.92 Å². The Hall–Kier alpha value is -3.04. The van der Waals surface area contributed by atoms with Crippen LogP contribution in [0, 0.1) is 6.92 Å². The van der Waals surface area contributed by atoms with E-state index >= 15 is 0 Å². The van der Waals surface area contributed by atoms with Crippen molar-refractivity contribution in [3.05, 3.63) is 59.3 Å². The number of anilines is 1. The molecule has 0 radical (unpaired) electrons. The summed E-state index contributed by atoms with van der Waals surface area (Å²) in [6.07, 6.45) is 1.78. The highest BCUT2D eigenvalue weighted by Gasteiger charge is 2.27. The number of pyridine rings is 1. The molecule has 1 aromatic carbocycles. The van der Waals surface area contributed by atoms with Crippen molar-refractivity contribution in [2.24, 2.45) is 0 Å². The van der Waals surface area contributed by atoms with Crippen molar-refractivity contribution < 1.29 is 4.79 Å². The van der Waals surface area contributed by atoms with Crippen molar-refractivity contribution in [2.75, 3.05) is 31.1 Å². The number of hydrogen-bond acceptors (Lipinski definition) is 7. The smallest absolute Gasteiger partial charge is 0.293 e. The van der Waals surface area contributed by atoms with Crippen LogP contribution in [0.15, 0.2) is 42.6 Å². The van der Waals surface area contributed by atoms with Crippen LogP contribution in [0.5, 0.6) is 0 Å². The third-order valence-electron chi connectivity index (χ3n) is 5.03. The molecule has 0 saturated carbocycles. The number of halogens is 1. The molecule has 4 aromatic rings. The number of rotatable bonds is 3. The Bertz CT molecular complexity index is 1200. The second kappa shape index (κ2) is 7.66. The maximum Gasteiger partial charge on any atom is 0.293 e. The molecule has 0 spiro atoms. The van der Waals surface area contributed by atoms with E-state index in [1.54, 1.807) is 33.2 Å². The largest absolute Gasteiger partial charge is 0.344 e. The molecular weight excluding hydrogens is 422 g/mol. The molecule has 1 amide bonds. The summed E-state index contributed by atoms with van der Waals surface area (Å²) in [6, 6.07) is 11.2. The first-order valence-electron chi connectivity index (χ1n) is 9.54. The lowest BCUT2D eigenvalue weighted by molar-refractivity contribution is 0.0734. The number of hydrogen-bond donors (Lipinski definition) is 0. The molecule has 0 atom stereocenters. The van der Waals surface area contributed by atoms with Crippen LogP contribution >= 0.6 is 22.9 Å². The van der Waals surface area contributed by atoms with Gasteiger partial charge in [0, 0.05) is 32.4 Å². The zero-order valence-electron chi connectivity index (χ0n) is 16.2. The second-order valence-electron chi connectivity index (χ2n) is 6.95. The molecule has 0 unspecified atom stereocenters. The molecule has 152 valence electrons. The van der Waals surface area contributed by atoms with Gasteiger partial charge in [0.05, 0.1) is 10.7 Å². The lowest BCUT2D eigenvalue weighted by Crippen LogP contribution is -2.49. The molecule has 8 nitrogen and oxygen atoms in total. The van der Waals surface area contributed by atoms with Crippen LogP contribution in [0.1, 0.15) is 16.4 Å². The molecule has 1 aliphatic heterocycles. The fourth-order valence-corrected chi connectivity index (χ4v) is 4.64. The number of para-hydroxylation sites is 1. The van der Waals surface area contributed by atoms with Gasteiger partial charge in [0.2, 0.25) is 5.82 Å². The van der Waals surface area contributed by atoms with E-state index in [-0.39, 0.29) is 11.7 Å². The zero-order valence-corrected chi connectivity index (χ0v) is 17.8. The fourth-order valence-electron chi connectivity index (χ4n) is 3.47. The summed E-state index contributed by atoms with van der Waals surface area (Å²) in [5.41, 5.74) is 1.61. The van der Waals surface area contributed by atoms with E-state index in [9.17, 15) is 4.79 Å². The molecule has 10 heteroatoms. The van der Waals surface area contributed by atoms with Crippen LogP contribution in [0.3, 0.4) is 0 Å². The first-order valence-corrected chi connectivity index (χ1v) is 10.7. The standard InChI is InChI=1S/C20H18ClN7OS/c1-13-23-17(25-28(13)16-7-3-2-5-14(16)21)19(29)26-9-11-27(12-10-26)20-24-15-6-4-8-22-18(15)30-20/h2-8H,9-12H2,1H3. The number of aryl methyl sites for hydroxylation is 1. The Morgan fingerprint density at radius 1 is 1.07 bits per heavy atom. The van der Waals surface area contributed by atoms with Crippen LogP contribution in [0.2, 0.25) is 5.02 Å².